The Kier molecular flexibility index (Phi) is 3.46. The third kappa shape index (κ3) is 2.54. The minimum atomic E-state index is -1.17. The van der Waals surface area contributed by atoms with E-state index >= 15 is 0 Å². The zero-order chi connectivity index (χ0) is 14.0. The highest BCUT2D eigenvalue weighted by molar-refractivity contribution is 6.04. The van der Waals surface area contributed by atoms with Gasteiger partial charge in [0.2, 0.25) is 5.91 Å². The van der Waals surface area contributed by atoms with Gasteiger partial charge >= 0.3 is 5.97 Å². The number of carbonyl (C=O) groups excluding carboxylic acids is 1. The van der Waals surface area contributed by atoms with Crippen LogP contribution in [0, 0.1) is 5.41 Å². The number of hydrogen-bond acceptors (Lipinski definition) is 3. The number of rotatable bonds is 5. The highest BCUT2D eigenvalue weighted by Gasteiger charge is 2.58. The van der Waals surface area contributed by atoms with E-state index in [9.17, 15) is 9.59 Å². The summed E-state index contributed by atoms with van der Waals surface area (Å²) in [4.78, 5) is 24.7. The van der Waals surface area contributed by atoms with Gasteiger partial charge in [-0.1, -0.05) is 12.1 Å². The van der Waals surface area contributed by atoms with Crippen molar-refractivity contribution in [3.63, 3.8) is 0 Å². The summed E-state index contributed by atoms with van der Waals surface area (Å²) in [6.45, 7) is 0.401. The maximum atomic E-state index is 12.1. The van der Waals surface area contributed by atoms with Crippen molar-refractivity contribution in [1.29, 1.82) is 0 Å². The van der Waals surface area contributed by atoms with Crippen LogP contribution in [-0.2, 0) is 16.1 Å². The maximum Gasteiger partial charge on any atom is 0.319 e. The number of ether oxygens (including phenoxy) is 1. The second-order valence-electron chi connectivity index (χ2n) is 4.90. The minimum absolute atomic E-state index is 0.309. The fourth-order valence-corrected chi connectivity index (χ4v) is 2.09. The molecular formula is C14H17NO4. The highest BCUT2D eigenvalue weighted by Crippen LogP contribution is 2.47. The normalized spacial score (nSPS) is 15.7. The van der Waals surface area contributed by atoms with Crippen LogP contribution in [0.5, 0.6) is 5.75 Å². The van der Waals surface area contributed by atoms with Crippen LogP contribution in [0.3, 0.4) is 0 Å². The molecule has 19 heavy (non-hydrogen) atoms. The van der Waals surface area contributed by atoms with Crippen LogP contribution in [0.25, 0.3) is 0 Å². The van der Waals surface area contributed by atoms with Gasteiger partial charge in [-0.15, -0.1) is 0 Å². The lowest BCUT2D eigenvalue weighted by Gasteiger charge is -2.21. The van der Waals surface area contributed by atoms with Gasteiger partial charge in [0.05, 0.1) is 7.11 Å². The molecule has 1 aliphatic carbocycles. The molecule has 0 spiro atoms. The van der Waals surface area contributed by atoms with Crippen molar-refractivity contribution in [2.45, 2.75) is 19.4 Å². The molecule has 102 valence electrons. The molecule has 1 aromatic carbocycles. The number of carboxylic acid groups (broad SMARTS) is 1. The van der Waals surface area contributed by atoms with Crippen LogP contribution in [-0.4, -0.2) is 36.0 Å². The van der Waals surface area contributed by atoms with Crippen molar-refractivity contribution in [2.75, 3.05) is 14.2 Å². The first-order chi connectivity index (χ1) is 8.99. The Labute approximate surface area is 111 Å². The van der Waals surface area contributed by atoms with E-state index in [1.165, 1.54) is 4.90 Å². The molecule has 1 fully saturated rings. The van der Waals surface area contributed by atoms with E-state index in [1.54, 1.807) is 14.2 Å². The zero-order valence-electron chi connectivity index (χ0n) is 11.0. The molecular weight excluding hydrogens is 246 g/mol. The minimum Gasteiger partial charge on any atom is -0.497 e. The first-order valence-electron chi connectivity index (χ1n) is 6.11. The average molecular weight is 263 g/mol. The SMILES string of the molecule is COc1ccc(CN(C)C(=O)C2(C(=O)O)CC2)cc1. The van der Waals surface area contributed by atoms with E-state index in [-0.39, 0.29) is 5.91 Å². The number of benzene rings is 1. The topological polar surface area (TPSA) is 66.8 Å². The third-order valence-electron chi connectivity index (χ3n) is 3.49. The highest BCUT2D eigenvalue weighted by atomic mass is 16.5. The molecule has 0 atom stereocenters. The number of hydrogen-bond donors (Lipinski definition) is 1. The molecule has 1 aromatic rings. The van der Waals surface area contributed by atoms with Crippen LogP contribution in [0.4, 0.5) is 0 Å². The Morgan fingerprint density at radius 3 is 2.32 bits per heavy atom. The monoisotopic (exact) mass is 263 g/mol. The first kappa shape index (κ1) is 13.4. The molecule has 1 amide bonds. The molecule has 1 N–H and O–H groups in total. The number of methoxy groups -OCH3 is 1. The van der Waals surface area contributed by atoms with E-state index in [0.717, 1.165) is 11.3 Å². The zero-order valence-corrected chi connectivity index (χ0v) is 11.0. The third-order valence-corrected chi connectivity index (χ3v) is 3.49. The van der Waals surface area contributed by atoms with Crippen LogP contribution in [0.2, 0.25) is 0 Å². The fourth-order valence-electron chi connectivity index (χ4n) is 2.09. The van der Waals surface area contributed by atoms with E-state index < -0.39 is 11.4 Å². The largest absolute Gasteiger partial charge is 0.497 e. The van der Waals surface area contributed by atoms with Gasteiger partial charge in [-0.05, 0) is 30.5 Å². The van der Waals surface area contributed by atoms with Crippen LogP contribution < -0.4 is 4.74 Å². The lowest BCUT2D eigenvalue weighted by molar-refractivity contribution is -0.153. The standard InChI is InChI=1S/C14H17NO4/c1-15(12(16)14(7-8-14)13(17)18)9-10-3-5-11(19-2)6-4-10/h3-6H,7-9H2,1-2H3,(H,17,18). The van der Waals surface area contributed by atoms with E-state index in [0.29, 0.717) is 19.4 Å². The molecule has 0 heterocycles. The van der Waals surface area contributed by atoms with Crippen LogP contribution in [0.1, 0.15) is 18.4 Å². The lowest BCUT2D eigenvalue weighted by Crippen LogP contribution is -2.38. The molecule has 5 heteroatoms. The van der Waals surface area contributed by atoms with Crippen molar-refractivity contribution < 1.29 is 19.4 Å². The molecule has 1 saturated carbocycles. The number of carboxylic acids is 1. The van der Waals surface area contributed by atoms with Gasteiger partial charge in [-0.3, -0.25) is 9.59 Å². The maximum absolute atomic E-state index is 12.1. The van der Waals surface area contributed by atoms with Gasteiger partial charge in [0.15, 0.2) is 0 Å². The molecule has 1 aliphatic rings. The van der Waals surface area contributed by atoms with Crippen molar-refractivity contribution in [3.05, 3.63) is 29.8 Å². The fraction of sp³-hybridized carbons (Fsp3) is 0.429. The summed E-state index contributed by atoms with van der Waals surface area (Å²) in [7, 11) is 3.23. The lowest BCUT2D eigenvalue weighted by atomic mass is 10.1. The Morgan fingerprint density at radius 1 is 1.32 bits per heavy atom. The van der Waals surface area contributed by atoms with Gasteiger partial charge in [0.25, 0.3) is 0 Å². The first-order valence-corrected chi connectivity index (χ1v) is 6.11. The van der Waals surface area contributed by atoms with Crippen molar-refractivity contribution in [3.8, 4) is 5.75 Å². The predicted octanol–water partition coefficient (Wildman–Crippen LogP) is 1.52. The summed E-state index contributed by atoms with van der Waals surface area (Å²) < 4.78 is 5.06. The van der Waals surface area contributed by atoms with Crippen molar-refractivity contribution in [2.24, 2.45) is 5.41 Å². The van der Waals surface area contributed by atoms with E-state index in [4.69, 9.17) is 9.84 Å². The second kappa shape index (κ2) is 4.91. The molecule has 2 rings (SSSR count). The number of amides is 1. The second-order valence-corrected chi connectivity index (χ2v) is 4.90. The summed E-state index contributed by atoms with van der Waals surface area (Å²) in [6, 6.07) is 7.36. The van der Waals surface area contributed by atoms with E-state index in [2.05, 4.69) is 0 Å². The molecule has 5 nitrogen and oxygen atoms in total. The molecule has 0 unspecified atom stereocenters. The molecule has 0 aromatic heterocycles. The Morgan fingerprint density at radius 2 is 1.89 bits per heavy atom. The summed E-state index contributed by atoms with van der Waals surface area (Å²) in [5.74, 6) is -0.572. The van der Waals surface area contributed by atoms with Gasteiger partial charge in [0.1, 0.15) is 11.2 Å². The smallest absolute Gasteiger partial charge is 0.319 e. The molecule has 0 bridgehead atoms. The van der Waals surface area contributed by atoms with Crippen molar-refractivity contribution >= 4 is 11.9 Å². The Balaban J connectivity index is 2.02. The van der Waals surface area contributed by atoms with Crippen molar-refractivity contribution in [1.82, 2.24) is 4.90 Å². The molecule has 0 radical (unpaired) electrons. The quantitative estimate of drug-likeness (QED) is 0.818. The number of nitrogens with zero attached hydrogens (tertiary/aromatic N) is 1. The Hall–Kier alpha value is -2.04. The summed E-state index contributed by atoms with van der Waals surface area (Å²) >= 11 is 0. The van der Waals surface area contributed by atoms with Gasteiger partial charge in [0, 0.05) is 13.6 Å². The molecule has 0 saturated heterocycles. The van der Waals surface area contributed by atoms with Gasteiger partial charge in [-0.2, -0.15) is 0 Å². The van der Waals surface area contributed by atoms with Gasteiger partial charge in [-0.25, -0.2) is 0 Å². The predicted molar refractivity (Wildman–Crippen MR) is 68.8 cm³/mol. The number of aliphatic carboxylic acids is 1. The summed E-state index contributed by atoms with van der Waals surface area (Å²) in [5.41, 5.74) is -0.223. The van der Waals surface area contributed by atoms with Gasteiger partial charge < -0.3 is 14.7 Å². The van der Waals surface area contributed by atoms with Crippen LogP contribution in [0.15, 0.2) is 24.3 Å². The summed E-state index contributed by atoms with van der Waals surface area (Å²) in [6.07, 6.45) is 0.877. The molecule has 0 aliphatic heterocycles. The average Bonchev–Trinajstić information content (AvgIpc) is 3.20. The Bertz CT molecular complexity index is 491. The summed E-state index contributed by atoms with van der Waals surface area (Å²) in [5, 5.41) is 9.09. The number of carbonyl (C=O) groups is 2. The van der Waals surface area contributed by atoms with E-state index in [1.807, 2.05) is 24.3 Å². The van der Waals surface area contributed by atoms with Crippen LogP contribution >= 0.6 is 0 Å².